The van der Waals surface area contributed by atoms with Crippen LogP contribution in [0.3, 0.4) is 0 Å². The molecule has 0 bridgehead atoms. The number of pyridine rings is 1. The van der Waals surface area contributed by atoms with Gasteiger partial charge >= 0.3 is 0 Å². The number of nitrogens with one attached hydrogen (secondary N) is 1. The highest BCUT2D eigenvalue weighted by atomic mass is 32.1. The van der Waals surface area contributed by atoms with E-state index in [1.807, 2.05) is 42.5 Å². The zero-order valence-corrected chi connectivity index (χ0v) is 16.7. The molecule has 1 N–H and O–H groups in total. The molecule has 0 saturated carbocycles. The van der Waals surface area contributed by atoms with Crippen molar-refractivity contribution >= 4 is 23.1 Å². The minimum absolute atomic E-state index is 0.150. The number of thiazole rings is 1. The Morgan fingerprint density at radius 3 is 2.69 bits per heavy atom. The van der Waals surface area contributed by atoms with Gasteiger partial charge in [-0.25, -0.2) is 9.97 Å². The number of anilines is 1. The van der Waals surface area contributed by atoms with E-state index in [2.05, 4.69) is 20.2 Å². The standard InChI is InChI=1S/C21H22N4O3S/c26-20(22-8-11-28-17-4-2-1-3-5-17)18-15-24-21(29-18)16-6-7-19(23-14-16)25-9-12-27-13-10-25/h1-7,14-15H,8-13H2,(H,22,26). The number of hydrogen-bond acceptors (Lipinski definition) is 7. The van der Waals surface area contributed by atoms with Crippen LogP contribution < -0.4 is 15.0 Å². The number of ether oxygens (including phenoxy) is 2. The van der Waals surface area contributed by atoms with Crippen molar-refractivity contribution < 1.29 is 14.3 Å². The van der Waals surface area contributed by atoms with Crippen LogP contribution in [-0.4, -0.2) is 55.3 Å². The van der Waals surface area contributed by atoms with Crippen LogP contribution in [0.2, 0.25) is 0 Å². The number of aromatic nitrogens is 2. The van der Waals surface area contributed by atoms with Crippen LogP contribution in [0.1, 0.15) is 9.67 Å². The SMILES string of the molecule is O=C(NCCOc1ccccc1)c1cnc(-c2ccc(N3CCOCC3)nc2)s1. The summed E-state index contributed by atoms with van der Waals surface area (Å²) < 4.78 is 11.0. The first-order chi connectivity index (χ1) is 14.3. The van der Waals surface area contributed by atoms with E-state index in [1.165, 1.54) is 11.3 Å². The van der Waals surface area contributed by atoms with Crippen molar-refractivity contribution in [2.75, 3.05) is 44.4 Å². The van der Waals surface area contributed by atoms with Gasteiger partial charge in [0.25, 0.3) is 5.91 Å². The third kappa shape index (κ3) is 5.10. The van der Waals surface area contributed by atoms with Crippen molar-refractivity contribution in [3.63, 3.8) is 0 Å². The Bertz CT molecular complexity index is 925. The summed E-state index contributed by atoms with van der Waals surface area (Å²) in [5, 5.41) is 3.63. The van der Waals surface area contributed by atoms with Gasteiger partial charge < -0.3 is 19.7 Å². The molecule has 1 aliphatic heterocycles. The number of hydrogen-bond donors (Lipinski definition) is 1. The first-order valence-corrected chi connectivity index (χ1v) is 10.3. The summed E-state index contributed by atoms with van der Waals surface area (Å²) in [6.45, 7) is 3.99. The van der Waals surface area contributed by atoms with Gasteiger partial charge in [0.1, 0.15) is 28.1 Å². The highest BCUT2D eigenvalue weighted by Gasteiger charge is 2.14. The summed E-state index contributed by atoms with van der Waals surface area (Å²) in [6.07, 6.45) is 3.41. The van der Waals surface area contributed by atoms with Gasteiger partial charge in [-0.05, 0) is 24.3 Å². The van der Waals surface area contributed by atoms with E-state index in [0.717, 1.165) is 48.4 Å². The fourth-order valence-corrected chi connectivity index (χ4v) is 3.76. The van der Waals surface area contributed by atoms with Crippen LogP contribution in [0.15, 0.2) is 54.9 Å². The number of benzene rings is 1. The number of nitrogens with zero attached hydrogens (tertiary/aromatic N) is 3. The molecule has 2 aromatic heterocycles. The van der Waals surface area contributed by atoms with Crippen molar-refractivity contribution in [1.29, 1.82) is 0 Å². The lowest BCUT2D eigenvalue weighted by Crippen LogP contribution is -2.36. The summed E-state index contributed by atoms with van der Waals surface area (Å²) in [5.74, 6) is 1.57. The van der Waals surface area contributed by atoms with Gasteiger partial charge in [0.2, 0.25) is 0 Å². The van der Waals surface area contributed by atoms with Crippen LogP contribution in [-0.2, 0) is 4.74 Å². The highest BCUT2D eigenvalue weighted by molar-refractivity contribution is 7.16. The maximum Gasteiger partial charge on any atom is 0.263 e. The summed E-state index contributed by atoms with van der Waals surface area (Å²) >= 11 is 1.35. The van der Waals surface area contributed by atoms with Crippen LogP contribution >= 0.6 is 11.3 Å². The van der Waals surface area contributed by atoms with E-state index in [9.17, 15) is 4.79 Å². The Hall–Kier alpha value is -2.97. The molecule has 1 saturated heterocycles. The summed E-state index contributed by atoms with van der Waals surface area (Å²) in [6, 6.07) is 13.5. The fraction of sp³-hybridized carbons (Fsp3) is 0.286. The first-order valence-electron chi connectivity index (χ1n) is 9.50. The molecule has 0 atom stereocenters. The molecule has 0 spiro atoms. The minimum Gasteiger partial charge on any atom is -0.492 e. The second-order valence-corrected chi connectivity index (χ2v) is 7.48. The van der Waals surface area contributed by atoms with Crippen molar-refractivity contribution in [2.24, 2.45) is 0 Å². The third-order valence-electron chi connectivity index (χ3n) is 4.46. The number of para-hydroxylation sites is 1. The Labute approximate surface area is 173 Å². The lowest BCUT2D eigenvalue weighted by Gasteiger charge is -2.27. The molecule has 4 rings (SSSR count). The third-order valence-corrected chi connectivity index (χ3v) is 5.50. The number of carbonyl (C=O) groups excluding carboxylic acids is 1. The maximum atomic E-state index is 12.3. The average Bonchev–Trinajstić information content (AvgIpc) is 3.29. The van der Waals surface area contributed by atoms with Crippen LogP contribution in [0, 0.1) is 0 Å². The monoisotopic (exact) mass is 410 g/mol. The van der Waals surface area contributed by atoms with E-state index in [1.54, 1.807) is 12.4 Å². The van der Waals surface area contributed by atoms with Gasteiger partial charge in [-0.15, -0.1) is 11.3 Å². The second kappa shape index (κ2) is 9.49. The lowest BCUT2D eigenvalue weighted by molar-refractivity contribution is 0.0951. The van der Waals surface area contributed by atoms with Gasteiger partial charge in [-0.3, -0.25) is 4.79 Å². The van der Waals surface area contributed by atoms with E-state index in [4.69, 9.17) is 9.47 Å². The predicted octanol–water partition coefficient (Wildman–Crippen LogP) is 2.85. The zero-order chi connectivity index (χ0) is 19.9. The molecule has 150 valence electrons. The smallest absolute Gasteiger partial charge is 0.263 e. The van der Waals surface area contributed by atoms with Gasteiger partial charge in [0, 0.05) is 24.8 Å². The molecule has 0 radical (unpaired) electrons. The molecule has 1 amide bonds. The predicted molar refractivity (Wildman–Crippen MR) is 113 cm³/mol. The molecule has 7 nitrogen and oxygen atoms in total. The number of amides is 1. The maximum absolute atomic E-state index is 12.3. The average molecular weight is 410 g/mol. The van der Waals surface area contributed by atoms with Crippen molar-refractivity contribution in [3.05, 3.63) is 59.7 Å². The molecule has 3 heterocycles. The number of morpholine rings is 1. The molecule has 0 aliphatic carbocycles. The zero-order valence-electron chi connectivity index (χ0n) is 15.9. The molecular weight excluding hydrogens is 388 g/mol. The molecule has 29 heavy (non-hydrogen) atoms. The Balaban J connectivity index is 1.29. The summed E-state index contributed by atoms with van der Waals surface area (Å²) in [7, 11) is 0. The molecule has 1 aliphatic rings. The molecule has 8 heteroatoms. The Kier molecular flexibility index (Phi) is 6.33. The van der Waals surface area contributed by atoms with Gasteiger partial charge in [-0.1, -0.05) is 18.2 Å². The van der Waals surface area contributed by atoms with E-state index >= 15 is 0 Å². The molecule has 3 aromatic rings. The number of rotatable bonds is 7. The van der Waals surface area contributed by atoms with Gasteiger partial charge in [0.05, 0.1) is 26.0 Å². The van der Waals surface area contributed by atoms with E-state index < -0.39 is 0 Å². The Morgan fingerprint density at radius 2 is 1.93 bits per heavy atom. The van der Waals surface area contributed by atoms with E-state index in [-0.39, 0.29) is 5.91 Å². The Morgan fingerprint density at radius 1 is 1.10 bits per heavy atom. The van der Waals surface area contributed by atoms with Gasteiger partial charge in [0.15, 0.2) is 0 Å². The van der Waals surface area contributed by atoms with Crippen LogP contribution in [0.25, 0.3) is 10.6 Å². The van der Waals surface area contributed by atoms with Crippen LogP contribution in [0.5, 0.6) is 5.75 Å². The molecule has 1 fully saturated rings. The van der Waals surface area contributed by atoms with Crippen LogP contribution in [0.4, 0.5) is 5.82 Å². The number of carbonyl (C=O) groups is 1. The minimum atomic E-state index is -0.150. The normalized spacial score (nSPS) is 13.9. The van der Waals surface area contributed by atoms with E-state index in [0.29, 0.717) is 18.0 Å². The first kappa shape index (κ1) is 19.4. The summed E-state index contributed by atoms with van der Waals surface area (Å²) in [5.41, 5.74) is 0.901. The topological polar surface area (TPSA) is 76.6 Å². The largest absolute Gasteiger partial charge is 0.492 e. The fourth-order valence-electron chi connectivity index (χ4n) is 2.94. The summed E-state index contributed by atoms with van der Waals surface area (Å²) in [4.78, 5) is 24.0. The van der Waals surface area contributed by atoms with Crippen molar-refractivity contribution in [3.8, 4) is 16.3 Å². The van der Waals surface area contributed by atoms with Crippen molar-refractivity contribution in [2.45, 2.75) is 0 Å². The van der Waals surface area contributed by atoms with Crippen molar-refractivity contribution in [1.82, 2.24) is 15.3 Å². The second-order valence-electron chi connectivity index (χ2n) is 6.45. The highest BCUT2D eigenvalue weighted by Crippen LogP contribution is 2.26. The molecule has 1 aromatic carbocycles. The molecular formula is C21H22N4O3S. The lowest BCUT2D eigenvalue weighted by atomic mass is 10.3. The quantitative estimate of drug-likeness (QED) is 0.604. The molecule has 0 unspecified atom stereocenters. The van der Waals surface area contributed by atoms with Gasteiger partial charge in [-0.2, -0.15) is 0 Å².